The van der Waals surface area contributed by atoms with Crippen molar-refractivity contribution in [1.29, 1.82) is 0 Å². The number of hydrogen-bond donors (Lipinski definition) is 0. The largest absolute Gasteiger partial charge is 0.455 e. The second kappa shape index (κ2) is 8.22. The van der Waals surface area contributed by atoms with E-state index in [1.54, 1.807) is 0 Å². The highest BCUT2D eigenvalue weighted by atomic mass is 16.3. The Morgan fingerprint density at radius 1 is 0.468 bits per heavy atom. The Morgan fingerprint density at radius 3 is 1.96 bits per heavy atom. The summed E-state index contributed by atoms with van der Waals surface area (Å²) < 4.78 is 11.4. The minimum Gasteiger partial charge on any atom is -0.455 e. The molecule has 0 atom stereocenters. The van der Waals surface area contributed by atoms with Crippen molar-refractivity contribution < 1.29 is 4.42 Å². The van der Waals surface area contributed by atoms with E-state index in [0.29, 0.717) is 0 Å². The van der Waals surface area contributed by atoms with Crippen molar-refractivity contribution >= 4 is 104 Å². The van der Waals surface area contributed by atoms with Gasteiger partial charge in [0.05, 0.1) is 33.1 Å². The Balaban J connectivity index is 1.35. The summed E-state index contributed by atoms with van der Waals surface area (Å²) in [4.78, 5) is 10.4. The summed E-state index contributed by atoms with van der Waals surface area (Å²) in [5, 5.41) is 10.5. The molecule has 216 valence electrons. The van der Waals surface area contributed by atoms with E-state index in [1.165, 1.54) is 27.1 Å². The first-order chi connectivity index (χ1) is 23.3. The maximum absolute atomic E-state index is 6.62. The lowest BCUT2D eigenvalue weighted by atomic mass is 9.99. The second-order valence-corrected chi connectivity index (χ2v) is 12.6. The van der Waals surface area contributed by atoms with E-state index in [-0.39, 0.29) is 0 Å². The molecule has 0 N–H and O–H groups in total. The maximum atomic E-state index is 6.62. The van der Waals surface area contributed by atoms with Gasteiger partial charge in [-0.2, -0.15) is 0 Å². The van der Waals surface area contributed by atoms with Crippen molar-refractivity contribution in [1.82, 2.24) is 18.9 Å². The van der Waals surface area contributed by atoms with Crippen LogP contribution in [0.1, 0.15) is 0 Å². The summed E-state index contributed by atoms with van der Waals surface area (Å²) in [6.07, 6.45) is 0. The van der Waals surface area contributed by atoms with E-state index >= 15 is 0 Å². The van der Waals surface area contributed by atoms with Crippen molar-refractivity contribution in [2.75, 3.05) is 0 Å². The van der Waals surface area contributed by atoms with Crippen LogP contribution in [-0.2, 0) is 0 Å². The molecule has 7 aromatic carbocycles. The molecule has 5 heteroatoms. The van der Waals surface area contributed by atoms with E-state index in [4.69, 9.17) is 14.4 Å². The maximum Gasteiger partial charge on any atom is 0.165 e. The van der Waals surface area contributed by atoms with Gasteiger partial charge in [0.15, 0.2) is 5.65 Å². The molecule has 5 heterocycles. The van der Waals surface area contributed by atoms with Gasteiger partial charge < -0.3 is 8.98 Å². The molecule has 0 saturated heterocycles. The van der Waals surface area contributed by atoms with E-state index in [9.17, 15) is 0 Å². The summed E-state index contributed by atoms with van der Waals surface area (Å²) in [5.74, 6) is 0. The van der Waals surface area contributed by atoms with Gasteiger partial charge in [0, 0.05) is 54.2 Å². The van der Waals surface area contributed by atoms with Gasteiger partial charge in [-0.1, -0.05) is 91.0 Å². The lowest BCUT2D eigenvalue weighted by Gasteiger charge is -2.11. The number of nitrogens with zero attached hydrogens (tertiary/aromatic N) is 4. The normalized spacial score (nSPS) is 12.7. The molecule has 0 spiro atoms. The summed E-state index contributed by atoms with van der Waals surface area (Å²) in [6.45, 7) is 0. The quantitative estimate of drug-likeness (QED) is 0.189. The highest BCUT2D eigenvalue weighted by Gasteiger charge is 2.25. The monoisotopic (exact) mass is 598 g/mol. The van der Waals surface area contributed by atoms with Crippen LogP contribution in [0.2, 0.25) is 0 Å². The van der Waals surface area contributed by atoms with E-state index in [0.717, 1.165) is 82.5 Å². The van der Waals surface area contributed by atoms with Crippen LogP contribution in [0.5, 0.6) is 0 Å². The zero-order chi connectivity index (χ0) is 30.4. The molecular weight excluding hydrogens is 576 g/mol. The average Bonchev–Trinajstić information content (AvgIpc) is 3.86. The second-order valence-electron chi connectivity index (χ2n) is 12.6. The fourth-order valence-electron chi connectivity index (χ4n) is 8.33. The molecule has 0 aliphatic heterocycles. The number of furan rings is 1. The highest BCUT2D eigenvalue weighted by Crippen LogP contribution is 2.47. The third-order valence-electron chi connectivity index (χ3n) is 10.2. The molecule has 0 fully saturated rings. The molecular formula is C42H22N4O. The van der Waals surface area contributed by atoms with Gasteiger partial charge in [0.25, 0.3) is 0 Å². The smallest absolute Gasteiger partial charge is 0.165 e. The molecule has 12 aromatic rings. The van der Waals surface area contributed by atoms with Gasteiger partial charge in [-0.25, -0.2) is 9.97 Å². The first kappa shape index (κ1) is 23.9. The molecule has 5 nitrogen and oxygen atoms in total. The van der Waals surface area contributed by atoms with Crippen LogP contribution in [0.25, 0.3) is 110 Å². The van der Waals surface area contributed by atoms with Gasteiger partial charge in [-0.15, -0.1) is 0 Å². The molecule has 0 aliphatic carbocycles. The van der Waals surface area contributed by atoms with Gasteiger partial charge in [0.2, 0.25) is 0 Å². The fourth-order valence-corrected chi connectivity index (χ4v) is 8.33. The summed E-state index contributed by atoms with van der Waals surface area (Å²) in [6, 6.07) is 47.3. The van der Waals surface area contributed by atoms with E-state index in [1.807, 2.05) is 24.3 Å². The Kier molecular flexibility index (Phi) is 4.17. The zero-order valence-electron chi connectivity index (χ0n) is 24.9. The molecule has 0 aliphatic rings. The summed E-state index contributed by atoms with van der Waals surface area (Å²) in [5.41, 5.74) is 11.2. The van der Waals surface area contributed by atoms with Gasteiger partial charge >= 0.3 is 0 Å². The predicted octanol–water partition coefficient (Wildman–Crippen LogP) is 10.9. The number of aromatic nitrogens is 4. The van der Waals surface area contributed by atoms with Crippen LogP contribution in [0.4, 0.5) is 0 Å². The number of para-hydroxylation sites is 5. The molecule has 0 unspecified atom stereocenters. The number of benzene rings is 7. The van der Waals surface area contributed by atoms with Gasteiger partial charge in [0.1, 0.15) is 16.7 Å². The van der Waals surface area contributed by atoms with Crippen LogP contribution in [0, 0.1) is 0 Å². The SMILES string of the molecule is c1ccc2nc3c(nc2c1)c1cc(-n2c4ccccc4c4c5c6ccccc6oc5c5ccccc5c42)cc2c4ccccc4n3c21. The topological polar surface area (TPSA) is 48.3 Å². The molecule has 47 heavy (non-hydrogen) atoms. The Hall–Kier alpha value is -6.46. The predicted molar refractivity (Wildman–Crippen MR) is 193 cm³/mol. The van der Waals surface area contributed by atoms with Crippen molar-refractivity contribution in [2.24, 2.45) is 0 Å². The molecule has 5 aromatic heterocycles. The van der Waals surface area contributed by atoms with Crippen LogP contribution in [0.3, 0.4) is 0 Å². The minimum absolute atomic E-state index is 0.890. The van der Waals surface area contributed by atoms with E-state index < -0.39 is 0 Å². The van der Waals surface area contributed by atoms with Crippen LogP contribution >= 0.6 is 0 Å². The van der Waals surface area contributed by atoms with Crippen molar-refractivity contribution in [3.63, 3.8) is 0 Å². The molecule has 0 amide bonds. The molecule has 0 saturated carbocycles. The third-order valence-corrected chi connectivity index (χ3v) is 10.2. The summed E-state index contributed by atoms with van der Waals surface area (Å²) >= 11 is 0. The van der Waals surface area contributed by atoms with Crippen molar-refractivity contribution in [3.8, 4) is 5.69 Å². The first-order valence-electron chi connectivity index (χ1n) is 15.9. The van der Waals surface area contributed by atoms with Crippen molar-refractivity contribution in [3.05, 3.63) is 133 Å². The Bertz CT molecular complexity index is 3310. The first-order valence-corrected chi connectivity index (χ1v) is 15.9. The van der Waals surface area contributed by atoms with Gasteiger partial charge in [-0.3, -0.25) is 4.40 Å². The summed E-state index contributed by atoms with van der Waals surface area (Å²) in [7, 11) is 0. The fraction of sp³-hybridized carbons (Fsp3) is 0. The standard InChI is InChI=1S/C42H22N4O/c1-2-13-26-25(12-1)40-36(37-28-15-5-10-20-35(28)47-41(26)37)27-14-4-9-19-34(27)45(40)23-21-29-24-11-3-8-18-33(24)46-39(29)30(22-23)38-42(46)44-32-17-7-6-16-31(32)43-38/h1-22H. The highest BCUT2D eigenvalue weighted by molar-refractivity contribution is 6.36. The van der Waals surface area contributed by atoms with E-state index in [2.05, 4.69) is 118 Å². The van der Waals surface area contributed by atoms with Crippen LogP contribution in [-0.4, -0.2) is 18.9 Å². The minimum atomic E-state index is 0.890. The molecule has 0 radical (unpaired) electrons. The molecule has 0 bridgehead atoms. The van der Waals surface area contributed by atoms with Crippen molar-refractivity contribution in [2.45, 2.75) is 0 Å². The van der Waals surface area contributed by atoms with Crippen LogP contribution in [0.15, 0.2) is 138 Å². The Morgan fingerprint density at radius 2 is 1.11 bits per heavy atom. The van der Waals surface area contributed by atoms with Crippen LogP contribution < -0.4 is 0 Å². The average molecular weight is 599 g/mol. The third kappa shape index (κ3) is 2.82. The lowest BCUT2D eigenvalue weighted by Crippen LogP contribution is -1.95. The molecule has 12 rings (SSSR count). The van der Waals surface area contributed by atoms with Gasteiger partial charge in [-0.05, 0) is 42.5 Å². The number of fused-ring (bicyclic) bond motifs is 17. The zero-order valence-corrected chi connectivity index (χ0v) is 24.9. The number of rotatable bonds is 1. The Labute approximate surface area is 265 Å². The number of hydrogen-bond acceptors (Lipinski definition) is 3. The lowest BCUT2D eigenvalue weighted by molar-refractivity contribution is 0.673.